The van der Waals surface area contributed by atoms with Crippen LogP contribution in [0.2, 0.25) is 5.02 Å². The van der Waals surface area contributed by atoms with E-state index in [4.69, 9.17) is 11.6 Å². The number of carbonyl (C=O) groups is 2. The van der Waals surface area contributed by atoms with Crippen molar-refractivity contribution in [2.24, 2.45) is 5.92 Å². The van der Waals surface area contributed by atoms with E-state index in [1.54, 1.807) is 0 Å². The Morgan fingerprint density at radius 2 is 1.88 bits per heavy atom. The summed E-state index contributed by atoms with van der Waals surface area (Å²) in [6, 6.07) is 1.57. The van der Waals surface area contributed by atoms with Gasteiger partial charge < -0.3 is 10.2 Å². The van der Waals surface area contributed by atoms with Crippen LogP contribution < -0.4 is 5.32 Å². The zero-order valence-electron chi connectivity index (χ0n) is 17.7. The van der Waals surface area contributed by atoms with E-state index in [-0.39, 0.29) is 27.0 Å². The van der Waals surface area contributed by atoms with Gasteiger partial charge in [-0.1, -0.05) is 11.6 Å². The molecule has 1 aromatic heterocycles. The Balaban J connectivity index is 1.55. The van der Waals surface area contributed by atoms with Crippen molar-refractivity contribution in [2.45, 2.75) is 42.7 Å². The highest BCUT2D eigenvalue weighted by molar-refractivity contribution is 7.90. The Labute approximate surface area is 195 Å². The number of pyridine rings is 1. The van der Waals surface area contributed by atoms with E-state index in [9.17, 15) is 26.8 Å². The van der Waals surface area contributed by atoms with Crippen LogP contribution in [0.1, 0.15) is 47.6 Å². The molecule has 1 saturated carbocycles. The van der Waals surface area contributed by atoms with Crippen molar-refractivity contribution in [1.82, 2.24) is 15.2 Å². The average Bonchev–Trinajstić information content (AvgIpc) is 3.49. The summed E-state index contributed by atoms with van der Waals surface area (Å²) in [5.41, 5.74) is 0.0795. The summed E-state index contributed by atoms with van der Waals surface area (Å²) in [4.78, 5) is 31.3. The molecule has 33 heavy (non-hydrogen) atoms. The first-order valence-corrected chi connectivity index (χ1v) is 12.7. The van der Waals surface area contributed by atoms with E-state index in [0.717, 1.165) is 37.4 Å². The Kier molecular flexibility index (Phi) is 6.41. The second kappa shape index (κ2) is 8.98. The second-order valence-electron chi connectivity index (χ2n) is 8.45. The molecule has 4 rings (SSSR count). The number of hydrogen-bond acceptors (Lipinski definition) is 5. The Hall–Kier alpha value is -2.59. The number of nitrogens with one attached hydrogen (secondary N) is 1. The third-order valence-corrected chi connectivity index (χ3v) is 7.34. The van der Waals surface area contributed by atoms with Crippen LogP contribution in [0.4, 0.5) is 8.78 Å². The van der Waals surface area contributed by atoms with Gasteiger partial charge in [0, 0.05) is 30.8 Å². The van der Waals surface area contributed by atoms with Crippen LogP contribution in [0.3, 0.4) is 0 Å². The van der Waals surface area contributed by atoms with Gasteiger partial charge in [0.1, 0.15) is 17.7 Å². The highest BCUT2D eigenvalue weighted by Gasteiger charge is 2.40. The lowest BCUT2D eigenvalue weighted by atomic mass is 10.0. The molecule has 0 spiro atoms. The van der Waals surface area contributed by atoms with E-state index in [1.807, 2.05) is 0 Å². The quantitative estimate of drug-likeness (QED) is 0.618. The average molecular weight is 498 g/mol. The predicted molar refractivity (Wildman–Crippen MR) is 116 cm³/mol. The number of hydrogen-bond donors (Lipinski definition) is 1. The van der Waals surface area contributed by atoms with Gasteiger partial charge in [-0.2, -0.15) is 0 Å². The van der Waals surface area contributed by atoms with Crippen LogP contribution in [0.15, 0.2) is 35.5 Å². The number of sulfone groups is 1. The van der Waals surface area contributed by atoms with Gasteiger partial charge in [0.25, 0.3) is 5.91 Å². The smallest absolute Gasteiger partial charge is 0.256 e. The van der Waals surface area contributed by atoms with E-state index < -0.39 is 45.4 Å². The molecular weight excluding hydrogens is 476 g/mol. The van der Waals surface area contributed by atoms with E-state index in [0.29, 0.717) is 19.4 Å². The lowest BCUT2D eigenvalue weighted by Crippen LogP contribution is -2.47. The predicted octanol–water partition coefficient (Wildman–Crippen LogP) is 3.29. The van der Waals surface area contributed by atoms with E-state index >= 15 is 0 Å². The zero-order valence-corrected chi connectivity index (χ0v) is 19.3. The Bertz CT molecular complexity index is 1220. The van der Waals surface area contributed by atoms with Gasteiger partial charge in [-0.25, -0.2) is 17.2 Å². The van der Waals surface area contributed by atoms with Crippen molar-refractivity contribution < 1.29 is 26.8 Å². The minimum atomic E-state index is -3.56. The van der Waals surface area contributed by atoms with Gasteiger partial charge >= 0.3 is 0 Å². The molecule has 2 heterocycles. The van der Waals surface area contributed by atoms with Crippen LogP contribution in [-0.4, -0.2) is 49.0 Å². The first-order valence-electron chi connectivity index (χ1n) is 10.5. The number of benzene rings is 1. The summed E-state index contributed by atoms with van der Waals surface area (Å²) < 4.78 is 52.1. The SMILES string of the molecule is CS(=O)(=O)c1cncc(C(=O)N2CCC[C@@H]2C(=O)NC(c2cc(F)c(Cl)cc2F)C2CC2)c1. The normalized spacial score (nSPS) is 19.4. The molecule has 7 nitrogen and oxygen atoms in total. The fourth-order valence-electron chi connectivity index (χ4n) is 4.09. The summed E-state index contributed by atoms with van der Waals surface area (Å²) in [6.07, 6.45) is 5.90. The molecule has 0 bridgehead atoms. The van der Waals surface area contributed by atoms with Crippen LogP contribution in [0.25, 0.3) is 0 Å². The highest BCUT2D eigenvalue weighted by atomic mass is 35.5. The second-order valence-corrected chi connectivity index (χ2v) is 10.9. The molecule has 1 aliphatic carbocycles. The molecular formula is C22H22ClF2N3O4S. The minimum absolute atomic E-state index is 0.0219. The third kappa shape index (κ3) is 5.01. The first kappa shape index (κ1) is 23.6. The Morgan fingerprint density at radius 1 is 1.15 bits per heavy atom. The molecule has 0 radical (unpaired) electrons. The van der Waals surface area contributed by atoms with Gasteiger partial charge in [0.15, 0.2) is 9.84 Å². The summed E-state index contributed by atoms with van der Waals surface area (Å²) in [6.45, 7) is 0.304. The molecule has 1 N–H and O–H groups in total. The molecule has 1 aromatic carbocycles. The first-order chi connectivity index (χ1) is 15.6. The number of likely N-dealkylation sites (tertiary alicyclic amines) is 1. The minimum Gasteiger partial charge on any atom is -0.347 e. The summed E-state index contributed by atoms with van der Waals surface area (Å²) in [7, 11) is -3.56. The number of carbonyl (C=O) groups excluding carboxylic acids is 2. The monoisotopic (exact) mass is 497 g/mol. The zero-order chi connectivity index (χ0) is 23.9. The van der Waals surface area contributed by atoms with Crippen LogP contribution in [-0.2, 0) is 14.6 Å². The lowest BCUT2D eigenvalue weighted by Gasteiger charge is -2.27. The topological polar surface area (TPSA) is 96.4 Å². The van der Waals surface area contributed by atoms with Gasteiger partial charge in [-0.15, -0.1) is 0 Å². The van der Waals surface area contributed by atoms with Gasteiger partial charge in [-0.05, 0) is 49.8 Å². The molecule has 11 heteroatoms. The standard InChI is InChI=1S/C22H22ClF2N3O4S/c1-33(31,32)14-7-13(10-26-11-14)22(30)28-6-2-3-19(28)21(29)27-20(12-4-5-12)15-8-18(25)16(23)9-17(15)24/h7-12,19-20H,2-6H2,1H3,(H,27,29)/t19-,20?/m1/s1. The molecule has 1 unspecified atom stereocenters. The van der Waals surface area contributed by atoms with Crippen molar-refractivity contribution >= 4 is 33.3 Å². The summed E-state index contributed by atoms with van der Waals surface area (Å²) >= 11 is 5.66. The Morgan fingerprint density at radius 3 is 2.55 bits per heavy atom. The highest BCUT2D eigenvalue weighted by Crippen LogP contribution is 2.42. The number of amides is 2. The fourth-order valence-corrected chi connectivity index (χ4v) is 4.84. The summed E-state index contributed by atoms with van der Waals surface area (Å²) in [5, 5.41) is 2.46. The largest absolute Gasteiger partial charge is 0.347 e. The molecule has 2 fully saturated rings. The molecule has 2 amide bonds. The van der Waals surface area contributed by atoms with Crippen molar-refractivity contribution in [1.29, 1.82) is 0 Å². The fraction of sp³-hybridized carbons (Fsp3) is 0.409. The molecule has 176 valence electrons. The van der Waals surface area contributed by atoms with Crippen molar-refractivity contribution in [3.63, 3.8) is 0 Å². The molecule has 2 atom stereocenters. The molecule has 1 aliphatic heterocycles. The lowest BCUT2D eigenvalue weighted by molar-refractivity contribution is -0.125. The molecule has 2 aliphatic rings. The third-order valence-electron chi connectivity index (χ3n) is 5.97. The maximum Gasteiger partial charge on any atom is 0.256 e. The van der Waals surface area contributed by atoms with Gasteiger partial charge in [0.05, 0.1) is 21.5 Å². The van der Waals surface area contributed by atoms with Crippen LogP contribution in [0.5, 0.6) is 0 Å². The molecule has 1 saturated heterocycles. The van der Waals surface area contributed by atoms with Crippen molar-refractivity contribution in [3.8, 4) is 0 Å². The van der Waals surface area contributed by atoms with Crippen LogP contribution >= 0.6 is 11.6 Å². The number of nitrogens with zero attached hydrogens (tertiary/aromatic N) is 2. The number of halogens is 3. The molecule has 2 aromatic rings. The van der Waals surface area contributed by atoms with Crippen molar-refractivity contribution in [3.05, 3.63) is 58.4 Å². The van der Waals surface area contributed by atoms with Gasteiger partial charge in [-0.3, -0.25) is 14.6 Å². The van der Waals surface area contributed by atoms with E-state index in [1.165, 1.54) is 17.2 Å². The number of rotatable bonds is 6. The summed E-state index contributed by atoms with van der Waals surface area (Å²) in [5.74, 6) is -2.51. The van der Waals surface area contributed by atoms with Gasteiger partial charge in [0.2, 0.25) is 5.91 Å². The van der Waals surface area contributed by atoms with Crippen molar-refractivity contribution in [2.75, 3.05) is 12.8 Å². The maximum absolute atomic E-state index is 14.5. The van der Waals surface area contributed by atoms with E-state index in [2.05, 4.69) is 10.3 Å². The maximum atomic E-state index is 14.5. The van der Waals surface area contributed by atoms with Crippen LogP contribution in [0, 0.1) is 17.6 Å². The number of aromatic nitrogens is 1.